The second kappa shape index (κ2) is 12.1. The number of ether oxygens (including phenoxy) is 1. The smallest absolute Gasteiger partial charge is 0.250 e. The zero-order valence-electron chi connectivity index (χ0n) is 20.2. The Morgan fingerprint density at radius 2 is 1.62 bits per heavy atom. The molecule has 0 aliphatic carbocycles. The van der Waals surface area contributed by atoms with Gasteiger partial charge in [-0.2, -0.15) is 5.10 Å². The fraction of sp³-hybridized carbons (Fsp3) is 0.100. The van der Waals surface area contributed by atoms with Gasteiger partial charge in [0.05, 0.1) is 29.5 Å². The number of rotatable bonds is 10. The van der Waals surface area contributed by atoms with Crippen LogP contribution in [0, 0.1) is 0 Å². The highest BCUT2D eigenvalue weighted by molar-refractivity contribution is 7.99. The molecule has 0 aliphatic rings. The number of fused-ring (bicyclic) bond motifs is 1. The normalized spacial score (nSPS) is 11.1. The van der Waals surface area contributed by atoms with E-state index in [0.717, 1.165) is 33.1 Å². The van der Waals surface area contributed by atoms with Crippen LogP contribution >= 0.6 is 11.8 Å². The van der Waals surface area contributed by atoms with Crippen molar-refractivity contribution >= 4 is 34.9 Å². The molecule has 4 aromatic carbocycles. The minimum absolute atomic E-state index is 0.198. The molecular weight excluding hydrogens is 480 g/mol. The summed E-state index contributed by atoms with van der Waals surface area (Å²) >= 11 is 1.40. The SMILES string of the molecule is O=C(CSc1nc2ccccc2n1Cc1ccccc1)N/N=C\c1cccc(OCc2ccccc2)c1. The van der Waals surface area contributed by atoms with E-state index in [0.29, 0.717) is 13.2 Å². The number of hydrazone groups is 1. The van der Waals surface area contributed by atoms with Crippen molar-refractivity contribution in [3.8, 4) is 5.75 Å². The van der Waals surface area contributed by atoms with E-state index in [1.165, 1.54) is 17.3 Å². The topological polar surface area (TPSA) is 68.5 Å². The molecule has 1 aromatic heterocycles. The first-order valence-corrected chi connectivity index (χ1v) is 12.9. The molecule has 0 spiro atoms. The number of hydrogen-bond acceptors (Lipinski definition) is 5. The molecule has 1 N–H and O–H groups in total. The fourth-order valence-electron chi connectivity index (χ4n) is 3.85. The summed E-state index contributed by atoms with van der Waals surface area (Å²) < 4.78 is 8.01. The molecule has 0 fully saturated rings. The van der Waals surface area contributed by atoms with Crippen LogP contribution < -0.4 is 10.2 Å². The van der Waals surface area contributed by atoms with Crippen LogP contribution in [0.2, 0.25) is 0 Å². The summed E-state index contributed by atoms with van der Waals surface area (Å²) in [5, 5.41) is 4.92. The Morgan fingerprint density at radius 3 is 2.43 bits per heavy atom. The molecule has 37 heavy (non-hydrogen) atoms. The third-order valence-corrected chi connectivity index (χ3v) is 6.62. The molecule has 5 aromatic rings. The molecule has 1 amide bonds. The highest BCUT2D eigenvalue weighted by Gasteiger charge is 2.13. The first-order chi connectivity index (χ1) is 18.2. The van der Waals surface area contributed by atoms with Crippen LogP contribution in [0.3, 0.4) is 0 Å². The molecule has 0 saturated carbocycles. The van der Waals surface area contributed by atoms with Crippen molar-refractivity contribution < 1.29 is 9.53 Å². The van der Waals surface area contributed by atoms with Gasteiger partial charge in [-0.15, -0.1) is 0 Å². The second-order valence-corrected chi connectivity index (χ2v) is 9.33. The minimum Gasteiger partial charge on any atom is -0.489 e. The number of imidazole rings is 1. The number of hydrogen-bond donors (Lipinski definition) is 1. The zero-order chi connectivity index (χ0) is 25.3. The number of amides is 1. The van der Waals surface area contributed by atoms with Crippen molar-refractivity contribution in [3.05, 3.63) is 126 Å². The summed E-state index contributed by atoms with van der Waals surface area (Å²) in [7, 11) is 0. The van der Waals surface area contributed by atoms with E-state index in [-0.39, 0.29) is 11.7 Å². The molecule has 0 atom stereocenters. The van der Waals surface area contributed by atoms with Gasteiger partial charge in [0.2, 0.25) is 0 Å². The molecule has 5 rings (SSSR count). The highest BCUT2D eigenvalue weighted by atomic mass is 32.2. The van der Waals surface area contributed by atoms with Gasteiger partial charge >= 0.3 is 0 Å². The van der Waals surface area contributed by atoms with Crippen LogP contribution in [-0.4, -0.2) is 27.4 Å². The van der Waals surface area contributed by atoms with E-state index in [9.17, 15) is 4.79 Å². The number of benzene rings is 4. The third kappa shape index (κ3) is 6.65. The Hall–Kier alpha value is -4.36. The molecule has 0 bridgehead atoms. The van der Waals surface area contributed by atoms with Gasteiger partial charge < -0.3 is 9.30 Å². The third-order valence-electron chi connectivity index (χ3n) is 5.64. The van der Waals surface area contributed by atoms with Gasteiger partial charge in [0.15, 0.2) is 5.16 Å². The van der Waals surface area contributed by atoms with Crippen LogP contribution in [0.5, 0.6) is 5.75 Å². The van der Waals surface area contributed by atoms with Crippen LogP contribution in [0.4, 0.5) is 0 Å². The maximum atomic E-state index is 12.5. The van der Waals surface area contributed by atoms with E-state index < -0.39 is 0 Å². The lowest BCUT2D eigenvalue weighted by atomic mass is 10.2. The average Bonchev–Trinajstić information content (AvgIpc) is 3.29. The van der Waals surface area contributed by atoms with Gasteiger partial charge in [0, 0.05) is 0 Å². The molecular formula is C30H26N4O2S. The van der Waals surface area contributed by atoms with Crippen LogP contribution in [0.1, 0.15) is 16.7 Å². The van der Waals surface area contributed by atoms with E-state index >= 15 is 0 Å². The Labute approximate surface area is 220 Å². The number of nitrogens with zero attached hydrogens (tertiary/aromatic N) is 3. The summed E-state index contributed by atoms with van der Waals surface area (Å²) in [4.78, 5) is 17.3. The molecule has 1 heterocycles. The van der Waals surface area contributed by atoms with E-state index in [1.807, 2.05) is 91.0 Å². The average molecular weight is 507 g/mol. The van der Waals surface area contributed by atoms with E-state index in [1.54, 1.807) is 6.21 Å². The Kier molecular flexibility index (Phi) is 7.93. The first kappa shape index (κ1) is 24.3. The molecule has 0 radical (unpaired) electrons. The van der Waals surface area contributed by atoms with Gasteiger partial charge in [-0.1, -0.05) is 96.7 Å². The standard InChI is InChI=1S/C30H26N4O2S/c35-29(33-31-19-25-14-9-15-26(18-25)36-21-24-12-5-2-6-13-24)22-37-30-32-27-16-7-8-17-28(27)34(30)20-23-10-3-1-4-11-23/h1-19H,20-22H2,(H,33,35)/b31-19-. The zero-order valence-corrected chi connectivity index (χ0v) is 21.0. The van der Waals surface area contributed by atoms with Gasteiger partial charge in [-0.05, 0) is 41.0 Å². The van der Waals surface area contributed by atoms with Crippen molar-refractivity contribution in [2.75, 3.05) is 5.75 Å². The van der Waals surface area contributed by atoms with Crippen molar-refractivity contribution in [3.63, 3.8) is 0 Å². The van der Waals surface area contributed by atoms with Crippen molar-refractivity contribution in [1.29, 1.82) is 0 Å². The lowest BCUT2D eigenvalue weighted by Gasteiger charge is -2.09. The molecule has 184 valence electrons. The van der Waals surface area contributed by atoms with Crippen LogP contribution in [0.15, 0.2) is 119 Å². The summed E-state index contributed by atoms with van der Waals surface area (Å²) in [6.45, 7) is 1.18. The monoisotopic (exact) mass is 506 g/mol. The number of carbonyl (C=O) groups excluding carboxylic acids is 1. The lowest BCUT2D eigenvalue weighted by Crippen LogP contribution is -2.20. The summed E-state index contributed by atoms with van der Waals surface area (Å²) in [5.41, 5.74) is 7.68. The van der Waals surface area contributed by atoms with Crippen molar-refractivity contribution in [1.82, 2.24) is 15.0 Å². The van der Waals surface area contributed by atoms with E-state index in [2.05, 4.69) is 33.3 Å². The van der Waals surface area contributed by atoms with Crippen LogP contribution in [-0.2, 0) is 17.9 Å². The largest absolute Gasteiger partial charge is 0.489 e. The van der Waals surface area contributed by atoms with Gasteiger partial charge in [0.25, 0.3) is 5.91 Å². The summed E-state index contributed by atoms with van der Waals surface area (Å²) in [5.74, 6) is 0.749. The predicted octanol–water partition coefficient (Wildman–Crippen LogP) is 5.91. The number of para-hydroxylation sites is 2. The lowest BCUT2D eigenvalue weighted by molar-refractivity contribution is -0.118. The predicted molar refractivity (Wildman–Crippen MR) is 149 cm³/mol. The van der Waals surface area contributed by atoms with E-state index in [4.69, 9.17) is 9.72 Å². The van der Waals surface area contributed by atoms with Crippen molar-refractivity contribution in [2.24, 2.45) is 5.10 Å². The maximum absolute atomic E-state index is 12.5. The minimum atomic E-state index is -0.198. The number of thioether (sulfide) groups is 1. The quantitative estimate of drug-likeness (QED) is 0.145. The molecule has 6 nitrogen and oxygen atoms in total. The Morgan fingerprint density at radius 1 is 0.892 bits per heavy atom. The van der Waals surface area contributed by atoms with Gasteiger partial charge in [0.1, 0.15) is 12.4 Å². The molecule has 0 aliphatic heterocycles. The second-order valence-electron chi connectivity index (χ2n) is 8.38. The fourth-order valence-corrected chi connectivity index (χ4v) is 4.66. The molecule has 0 unspecified atom stereocenters. The highest BCUT2D eigenvalue weighted by Crippen LogP contribution is 2.25. The van der Waals surface area contributed by atoms with Crippen LogP contribution in [0.25, 0.3) is 11.0 Å². The Balaban J connectivity index is 1.18. The van der Waals surface area contributed by atoms with Crippen molar-refractivity contribution in [2.45, 2.75) is 18.3 Å². The number of nitrogens with one attached hydrogen (secondary N) is 1. The first-order valence-electron chi connectivity index (χ1n) is 12.0. The molecule has 0 saturated heterocycles. The summed E-state index contributed by atoms with van der Waals surface area (Å²) in [6.07, 6.45) is 1.61. The molecule has 7 heteroatoms. The van der Waals surface area contributed by atoms with Gasteiger partial charge in [-0.3, -0.25) is 4.79 Å². The Bertz CT molecular complexity index is 1500. The number of aromatic nitrogens is 2. The number of carbonyl (C=O) groups is 1. The van der Waals surface area contributed by atoms with Gasteiger partial charge in [-0.25, -0.2) is 10.4 Å². The maximum Gasteiger partial charge on any atom is 0.250 e. The summed E-state index contributed by atoms with van der Waals surface area (Å²) in [6, 6.07) is 35.9.